The average molecular weight is 226 g/mol. The Kier molecular flexibility index (Phi) is 3.46. The zero-order valence-electron chi connectivity index (χ0n) is 10.9. The van der Waals surface area contributed by atoms with Gasteiger partial charge in [-0.2, -0.15) is 0 Å². The second kappa shape index (κ2) is 4.19. The lowest BCUT2D eigenvalue weighted by atomic mass is 9.54. The normalized spacial score (nSPS) is 29.4. The molecule has 0 aliphatic heterocycles. The van der Waals surface area contributed by atoms with Crippen molar-refractivity contribution in [2.24, 2.45) is 16.7 Å². The summed E-state index contributed by atoms with van der Waals surface area (Å²) in [4.78, 5) is 24.4. The van der Waals surface area contributed by atoms with Crippen molar-refractivity contribution in [3.63, 3.8) is 0 Å². The van der Waals surface area contributed by atoms with Crippen molar-refractivity contribution in [3.05, 3.63) is 0 Å². The summed E-state index contributed by atoms with van der Waals surface area (Å²) in [5, 5.41) is 0. The SMILES string of the molecule is CCOC(=O)C1(C(=O)C(C)(C)C)CCC1C. The third-order valence-corrected chi connectivity index (χ3v) is 3.54. The van der Waals surface area contributed by atoms with E-state index in [1.165, 1.54) is 0 Å². The molecule has 0 heterocycles. The van der Waals surface area contributed by atoms with Gasteiger partial charge in [-0.1, -0.05) is 27.7 Å². The van der Waals surface area contributed by atoms with E-state index in [0.29, 0.717) is 13.0 Å². The quantitative estimate of drug-likeness (QED) is 0.548. The Balaban J connectivity index is 2.99. The molecule has 0 aromatic heterocycles. The molecule has 1 saturated carbocycles. The largest absolute Gasteiger partial charge is 0.465 e. The van der Waals surface area contributed by atoms with Gasteiger partial charge < -0.3 is 4.74 Å². The highest BCUT2D eigenvalue weighted by molar-refractivity contribution is 6.07. The van der Waals surface area contributed by atoms with Gasteiger partial charge in [-0.3, -0.25) is 9.59 Å². The molecule has 2 unspecified atom stereocenters. The van der Waals surface area contributed by atoms with Gasteiger partial charge in [0.1, 0.15) is 5.41 Å². The van der Waals surface area contributed by atoms with Crippen LogP contribution in [0.4, 0.5) is 0 Å². The Morgan fingerprint density at radius 3 is 2.19 bits per heavy atom. The summed E-state index contributed by atoms with van der Waals surface area (Å²) in [6.45, 7) is 9.66. The van der Waals surface area contributed by atoms with Crippen molar-refractivity contribution in [1.29, 1.82) is 0 Å². The molecule has 3 nitrogen and oxygen atoms in total. The number of hydrogen-bond acceptors (Lipinski definition) is 3. The van der Waals surface area contributed by atoms with E-state index in [2.05, 4.69) is 0 Å². The van der Waals surface area contributed by atoms with Gasteiger partial charge in [0.05, 0.1) is 6.61 Å². The molecule has 2 atom stereocenters. The zero-order chi connectivity index (χ0) is 12.6. The molecule has 0 N–H and O–H groups in total. The number of hydrogen-bond donors (Lipinski definition) is 0. The van der Waals surface area contributed by atoms with Crippen LogP contribution in [-0.4, -0.2) is 18.4 Å². The van der Waals surface area contributed by atoms with E-state index in [-0.39, 0.29) is 17.7 Å². The molecular formula is C13H22O3. The molecule has 1 aliphatic carbocycles. The van der Waals surface area contributed by atoms with E-state index >= 15 is 0 Å². The van der Waals surface area contributed by atoms with Gasteiger partial charge in [-0.15, -0.1) is 0 Å². The minimum Gasteiger partial charge on any atom is -0.465 e. The van der Waals surface area contributed by atoms with E-state index < -0.39 is 10.8 Å². The van der Waals surface area contributed by atoms with Gasteiger partial charge in [0, 0.05) is 5.41 Å². The van der Waals surface area contributed by atoms with E-state index in [1.807, 2.05) is 27.7 Å². The van der Waals surface area contributed by atoms with E-state index in [4.69, 9.17) is 4.74 Å². The molecule has 0 radical (unpaired) electrons. The molecular weight excluding hydrogens is 204 g/mol. The molecule has 16 heavy (non-hydrogen) atoms. The monoisotopic (exact) mass is 226 g/mol. The average Bonchev–Trinajstić information content (AvgIpc) is 2.15. The Morgan fingerprint density at radius 2 is 1.94 bits per heavy atom. The number of carbonyl (C=O) groups is 2. The number of ether oxygens (including phenoxy) is 1. The first-order valence-electron chi connectivity index (χ1n) is 5.99. The summed E-state index contributed by atoms with van der Waals surface area (Å²) >= 11 is 0. The van der Waals surface area contributed by atoms with Crippen LogP contribution in [0.25, 0.3) is 0 Å². The molecule has 1 fully saturated rings. The van der Waals surface area contributed by atoms with E-state index in [1.54, 1.807) is 6.92 Å². The smallest absolute Gasteiger partial charge is 0.319 e. The van der Waals surface area contributed by atoms with Gasteiger partial charge in [-0.05, 0) is 25.7 Å². The Labute approximate surface area is 97.5 Å². The molecule has 0 amide bonds. The molecule has 0 saturated heterocycles. The molecule has 1 aliphatic rings. The third kappa shape index (κ3) is 1.87. The minimum atomic E-state index is -0.867. The first-order chi connectivity index (χ1) is 7.26. The predicted octanol–water partition coefficient (Wildman–Crippen LogP) is 2.58. The number of Topliss-reactive ketones (excluding diaryl/α,β-unsaturated/α-hetero) is 1. The van der Waals surface area contributed by atoms with Crippen molar-refractivity contribution in [2.45, 2.75) is 47.5 Å². The highest BCUT2D eigenvalue weighted by Crippen LogP contribution is 2.51. The van der Waals surface area contributed by atoms with Crippen LogP contribution in [0.3, 0.4) is 0 Å². The topological polar surface area (TPSA) is 43.4 Å². The summed E-state index contributed by atoms with van der Waals surface area (Å²) in [5.74, 6) is -0.191. The second-order valence-electron chi connectivity index (χ2n) is 5.71. The lowest BCUT2D eigenvalue weighted by Crippen LogP contribution is -2.56. The van der Waals surface area contributed by atoms with Gasteiger partial charge in [0.2, 0.25) is 0 Å². The summed E-state index contributed by atoms with van der Waals surface area (Å²) in [6.07, 6.45) is 1.57. The van der Waals surface area contributed by atoms with Crippen LogP contribution in [-0.2, 0) is 14.3 Å². The fourth-order valence-corrected chi connectivity index (χ4v) is 2.38. The molecule has 1 rings (SSSR count). The summed E-state index contributed by atoms with van der Waals surface area (Å²) in [5.41, 5.74) is -1.35. The van der Waals surface area contributed by atoms with Gasteiger partial charge in [0.25, 0.3) is 0 Å². The Bertz CT molecular complexity index is 301. The van der Waals surface area contributed by atoms with Gasteiger partial charge in [-0.25, -0.2) is 0 Å². The number of rotatable bonds is 3. The van der Waals surface area contributed by atoms with Crippen LogP contribution in [0, 0.1) is 16.7 Å². The maximum atomic E-state index is 12.4. The predicted molar refractivity (Wildman–Crippen MR) is 61.9 cm³/mol. The molecule has 0 bridgehead atoms. The molecule has 0 spiro atoms. The Hall–Kier alpha value is -0.860. The summed E-state index contributed by atoms with van der Waals surface area (Å²) in [7, 11) is 0. The second-order valence-corrected chi connectivity index (χ2v) is 5.71. The standard InChI is InChI=1S/C13H22O3/c1-6-16-11(15)13(8-7-9(13)2)10(14)12(3,4)5/h9H,6-8H2,1-5H3. The molecule has 0 aromatic carbocycles. The van der Waals surface area contributed by atoms with Crippen LogP contribution >= 0.6 is 0 Å². The van der Waals surface area contributed by atoms with Crippen LogP contribution in [0.2, 0.25) is 0 Å². The molecule has 0 aromatic rings. The Morgan fingerprint density at radius 1 is 1.38 bits per heavy atom. The van der Waals surface area contributed by atoms with Crippen molar-refractivity contribution < 1.29 is 14.3 Å². The zero-order valence-corrected chi connectivity index (χ0v) is 10.9. The highest BCUT2D eigenvalue weighted by Gasteiger charge is 2.59. The van der Waals surface area contributed by atoms with Crippen molar-refractivity contribution in [1.82, 2.24) is 0 Å². The maximum absolute atomic E-state index is 12.4. The fraction of sp³-hybridized carbons (Fsp3) is 0.846. The van der Waals surface area contributed by atoms with E-state index in [0.717, 1.165) is 6.42 Å². The minimum absolute atomic E-state index is 0.0252. The first-order valence-corrected chi connectivity index (χ1v) is 5.99. The number of carbonyl (C=O) groups excluding carboxylic acids is 2. The lowest BCUT2D eigenvalue weighted by Gasteiger charge is -2.46. The van der Waals surface area contributed by atoms with Crippen LogP contribution in [0.5, 0.6) is 0 Å². The first kappa shape index (κ1) is 13.2. The molecule has 3 heteroatoms. The fourth-order valence-electron chi connectivity index (χ4n) is 2.38. The van der Waals surface area contributed by atoms with Crippen LogP contribution in [0.1, 0.15) is 47.5 Å². The third-order valence-electron chi connectivity index (χ3n) is 3.54. The van der Waals surface area contributed by atoms with Gasteiger partial charge in [0.15, 0.2) is 5.78 Å². The highest BCUT2D eigenvalue weighted by atomic mass is 16.5. The van der Waals surface area contributed by atoms with Crippen LogP contribution < -0.4 is 0 Å². The lowest BCUT2D eigenvalue weighted by molar-refractivity contribution is -0.175. The maximum Gasteiger partial charge on any atom is 0.319 e. The van der Waals surface area contributed by atoms with Crippen LogP contribution in [0.15, 0.2) is 0 Å². The van der Waals surface area contributed by atoms with Crippen molar-refractivity contribution in [2.75, 3.05) is 6.61 Å². The number of esters is 1. The molecule has 92 valence electrons. The summed E-state index contributed by atoms with van der Waals surface area (Å²) in [6, 6.07) is 0. The summed E-state index contributed by atoms with van der Waals surface area (Å²) < 4.78 is 5.08. The van der Waals surface area contributed by atoms with E-state index in [9.17, 15) is 9.59 Å². The van der Waals surface area contributed by atoms with Crippen molar-refractivity contribution >= 4 is 11.8 Å². The number of ketones is 1. The van der Waals surface area contributed by atoms with Crippen molar-refractivity contribution in [3.8, 4) is 0 Å². The van der Waals surface area contributed by atoms with Gasteiger partial charge >= 0.3 is 5.97 Å².